The van der Waals surface area contributed by atoms with Crippen molar-refractivity contribution in [3.05, 3.63) is 59.1 Å². The van der Waals surface area contributed by atoms with E-state index in [0.717, 1.165) is 19.6 Å². The molecule has 28 heavy (non-hydrogen) atoms. The van der Waals surface area contributed by atoms with Gasteiger partial charge in [-0.25, -0.2) is 13.1 Å². The fourth-order valence-electron chi connectivity index (χ4n) is 3.22. The van der Waals surface area contributed by atoms with E-state index >= 15 is 0 Å². The summed E-state index contributed by atoms with van der Waals surface area (Å²) in [6.07, 6.45) is 0.756. The monoisotopic (exact) mass is 424 g/mol. The van der Waals surface area contributed by atoms with Gasteiger partial charge in [0.25, 0.3) is 0 Å². The summed E-state index contributed by atoms with van der Waals surface area (Å²) in [6.45, 7) is 3.45. The van der Waals surface area contributed by atoms with Crippen LogP contribution in [0.5, 0.6) is 5.75 Å². The summed E-state index contributed by atoms with van der Waals surface area (Å²) < 4.78 is 38.8. The Labute approximate surface area is 171 Å². The van der Waals surface area contributed by atoms with Crippen LogP contribution in [0.4, 0.5) is 0 Å². The lowest BCUT2D eigenvalue weighted by molar-refractivity contribution is -0.0300. The lowest BCUT2D eigenvalue weighted by Gasteiger charge is -2.33. The zero-order valence-corrected chi connectivity index (χ0v) is 17.4. The normalized spacial score (nSPS) is 18.1. The Morgan fingerprint density at radius 1 is 1.25 bits per heavy atom. The van der Waals surface area contributed by atoms with E-state index in [1.807, 2.05) is 18.2 Å². The third-order valence-corrected chi connectivity index (χ3v) is 6.40. The van der Waals surface area contributed by atoms with Gasteiger partial charge in [-0.05, 0) is 36.7 Å². The van der Waals surface area contributed by atoms with Crippen molar-refractivity contribution in [2.75, 3.05) is 39.9 Å². The van der Waals surface area contributed by atoms with Crippen molar-refractivity contribution in [1.29, 1.82) is 0 Å². The number of hydrogen-bond acceptors (Lipinski definition) is 5. The molecule has 0 amide bonds. The number of hydrogen-bond donors (Lipinski definition) is 1. The zero-order valence-electron chi connectivity index (χ0n) is 15.8. The smallest absolute Gasteiger partial charge is 0.244 e. The van der Waals surface area contributed by atoms with Crippen LogP contribution in [0.3, 0.4) is 0 Å². The number of benzene rings is 2. The molecule has 1 heterocycles. The van der Waals surface area contributed by atoms with Crippen LogP contribution in [0.25, 0.3) is 0 Å². The minimum atomic E-state index is -3.68. The average molecular weight is 425 g/mol. The summed E-state index contributed by atoms with van der Waals surface area (Å²) >= 11 is 5.94. The second kappa shape index (κ2) is 9.71. The number of methoxy groups -OCH3 is 1. The Bertz CT molecular complexity index is 877. The Morgan fingerprint density at radius 2 is 2.04 bits per heavy atom. The molecule has 2 aromatic rings. The molecule has 1 fully saturated rings. The molecule has 152 valence electrons. The molecule has 1 atom stereocenters. The minimum absolute atomic E-state index is 0.0537. The van der Waals surface area contributed by atoms with Crippen molar-refractivity contribution in [1.82, 2.24) is 9.62 Å². The molecular weight excluding hydrogens is 400 g/mol. The first-order valence-electron chi connectivity index (χ1n) is 9.22. The fraction of sp³-hybridized carbons (Fsp3) is 0.400. The molecule has 0 aromatic heterocycles. The van der Waals surface area contributed by atoms with E-state index in [2.05, 4.69) is 21.8 Å². The van der Waals surface area contributed by atoms with Crippen LogP contribution < -0.4 is 9.46 Å². The van der Waals surface area contributed by atoms with Crippen molar-refractivity contribution < 1.29 is 17.9 Å². The largest absolute Gasteiger partial charge is 0.495 e. The molecular formula is C20H25ClN2O4S. The van der Waals surface area contributed by atoms with Crippen molar-refractivity contribution in [3.8, 4) is 5.75 Å². The minimum Gasteiger partial charge on any atom is -0.495 e. The quantitative estimate of drug-likeness (QED) is 0.659. The topological polar surface area (TPSA) is 67.9 Å². The van der Waals surface area contributed by atoms with Crippen LogP contribution >= 0.6 is 11.6 Å². The van der Waals surface area contributed by atoms with Crippen LogP contribution in [0, 0.1) is 0 Å². The molecule has 3 rings (SSSR count). The molecule has 6 nitrogen and oxygen atoms in total. The van der Waals surface area contributed by atoms with Crippen LogP contribution in [0.1, 0.15) is 18.1 Å². The van der Waals surface area contributed by atoms with Gasteiger partial charge in [-0.3, -0.25) is 4.90 Å². The zero-order chi connectivity index (χ0) is 20.0. The molecule has 0 radical (unpaired) electrons. The molecule has 0 bridgehead atoms. The summed E-state index contributed by atoms with van der Waals surface area (Å²) in [5.74, 6) is 0.274. The average Bonchev–Trinajstić information content (AvgIpc) is 2.72. The summed E-state index contributed by atoms with van der Waals surface area (Å²) in [7, 11) is -2.25. The Hall–Kier alpha value is -1.64. The Morgan fingerprint density at radius 3 is 2.79 bits per heavy atom. The molecule has 0 saturated carbocycles. The predicted molar refractivity (Wildman–Crippen MR) is 109 cm³/mol. The number of sulfonamides is 1. The maximum Gasteiger partial charge on any atom is 0.244 e. The Balaban J connectivity index is 1.51. The number of morpholine rings is 1. The first-order chi connectivity index (χ1) is 13.5. The SMILES string of the molecule is COc1ccc(Cl)cc1S(=O)(=O)NCCCN1CCOC(c2ccccc2)C1. The maximum absolute atomic E-state index is 12.6. The maximum atomic E-state index is 12.6. The molecule has 8 heteroatoms. The van der Waals surface area contributed by atoms with Crippen molar-refractivity contribution in [2.24, 2.45) is 0 Å². The van der Waals surface area contributed by atoms with Gasteiger partial charge in [0.05, 0.1) is 19.8 Å². The number of nitrogens with zero attached hydrogens (tertiary/aromatic N) is 1. The van der Waals surface area contributed by atoms with Gasteiger partial charge in [-0.2, -0.15) is 0 Å². The molecule has 2 aromatic carbocycles. The molecule has 1 unspecified atom stereocenters. The molecule has 1 aliphatic rings. The number of halogens is 1. The van der Waals surface area contributed by atoms with E-state index in [9.17, 15) is 8.42 Å². The summed E-state index contributed by atoms with van der Waals surface area (Å²) in [5, 5.41) is 0.349. The highest BCUT2D eigenvalue weighted by atomic mass is 35.5. The van der Waals surface area contributed by atoms with Crippen LogP contribution in [0.15, 0.2) is 53.4 Å². The first kappa shape index (κ1) is 21.1. The fourth-order valence-corrected chi connectivity index (χ4v) is 4.73. The van der Waals surface area contributed by atoms with Crippen LogP contribution in [-0.4, -0.2) is 53.2 Å². The van der Waals surface area contributed by atoms with E-state index in [4.69, 9.17) is 21.1 Å². The highest BCUT2D eigenvalue weighted by molar-refractivity contribution is 7.89. The van der Waals surface area contributed by atoms with E-state index in [1.54, 1.807) is 12.1 Å². The van der Waals surface area contributed by atoms with Crippen molar-refractivity contribution in [2.45, 2.75) is 17.4 Å². The standard InChI is InChI=1S/C20H25ClN2O4S/c1-26-18-9-8-17(21)14-20(18)28(24,25)22-10-5-11-23-12-13-27-19(15-23)16-6-3-2-4-7-16/h2-4,6-9,14,19,22H,5,10-13,15H2,1H3. The third-order valence-electron chi connectivity index (χ3n) is 4.68. The lowest BCUT2D eigenvalue weighted by atomic mass is 10.1. The molecule has 0 spiro atoms. The van der Waals surface area contributed by atoms with Crippen molar-refractivity contribution >= 4 is 21.6 Å². The second-order valence-electron chi connectivity index (χ2n) is 6.62. The van der Waals surface area contributed by atoms with E-state index < -0.39 is 10.0 Å². The van der Waals surface area contributed by atoms with Crippen LogP contribution in [0.2, 0.25) is 5.02 Å². The van der Waals surface area contributed by atoms with Gasteiger partial charge in [0.1, 0.15) is 10.6 Å². The highest BCUT2D eigenvalue weighted by Crippen LogP contribution is 2.27. The Kier molecular flexibility index (Phi) is 7.31. The van der Waals surface area contributed by atoms with Crippen LogP contribution in [-0.2, 0) is 14.8 Å². The van der Waals surface area contributed by atoms with Gasteiger partial charge in [-0.15, -0.1) is 0 Å². The highest BCUT2D eigenvalue weighted by Gasteiger charge is 2.22. The first-order valence-corrected chi connectivity index (χ1v) is 11.1. The van der Waals surface area contributed by atoms with Gasteiger partial charge in [0, 0.05) is 24.7 Å². The molecule has 1 N–H and O–H groups in total. The van der Waals surface area contributed by atoms with Crippen molar-refractivity contribution in [3.63, 3.8) is 0 Å². The summed E-state index contributed by atoms with van der Waals surface area (Å²) in [4.78, 5) is 2.35. The van der Waals surface area contributed by atoms with Gasteiger partial charge >= 0.3 is 0 Å². The predicted octanol–water partition coefficient (Wildman–Crippen LogP) is 3.09. The molecule has 1 saturated heterocycles. The number of rotatable bonds is 8. The summed E-state index contributed by atoms with van der Waals surface area (Å²) in [6, 6.07) is 14.7. The van der Waals surface area contributed by atoms with E-state index in [1.165, 1.54) is 18.7 Å². The van der Waals surface area contributed by atoms with Gasteiger partial charge in [0.15, 0.2) is 0 Å². The van der Waals surface area contributed by atoms with Gasteiger partial charge < -0.3 is 9.47 Å². The van der Waals surface area contributed by atoms with E-state index in [0.29, 0.717) is 24.6 Å². The van der Waals surface area contributed by atoms with E-state index in [-0.39, 0.29) is 16.7 Å². The molecule has 1 aliphatic heterocycles. The summed E-state index contributed by atoms with van der Waals surface area (Å²) in [5.41, 5.74) is 1.17. The number of nitrogens with one attached hydrogen (secondary N) is 1. The van der Waals surface area contributed by atoms with Gasteiger partial charge in [0.2, 0.25) is 10.0 Å². The van der Waals surface area contributed by atoms with Gasteiger partial charge in [-0.1, -0.05) is 41.9 Å². The molecule has 0 aliphatic carbocycles. The lowest BCUT2D eigenvalue weighted by Crippen LogP contribution is -2.39. The second-order valence-corrected chi connectivity index (χ2v) is 8.79. The third kappa shape index (κ3) is 5.46. The number of ether oxygens (including phenoxy) is 2.